The molecule has 0 aliphatic carbocycles. The smallest absolute Gasteiger partial charge is 0.306 e. The Morgan fingerprint density at radius 1 is 0.362 bits per heavy atom. The molecule has 0 amide bonds. The van der Waals surface area contributed by atoms with Gasteiger partial charge >= 0.3 is 17.9 Å². The Morgan fingerprint density at radius 3 is 1.05 bits per heavy atom. The summed E-state index contributed by atoms with van der Waals surface area (Å²) in [5, 5.41) is 0. The highest BCUT2D eigenvalue weighted by Crippen LogP contribution is 2.16. The first-order chi connectivity index (χ1) is 28.5. The first kappa shape index (κ1) is 55.6. The molecule has 0 fully saturated rings. The summed E-state index contributed by atoms with van der Waals surface area (Å²) >= 11 is 0. The largest absolute Gasteiger partial charge is 0.462 e. The molecular weight excluding hydrogens is 721 g/mol. The van der Waals surface area contributed by atoms with Gasteiger partial charge in [0.15, 0.2) is 6.10 Å². The molecular formula is C52H94O6. The average Bonchev–Trinajstić information content (AvgIpc) is 3.22. The predicted octanol–water partition coefficient (Wildman–Crippen LogP) is 16.1. The van der Waals surface area contributed by atoms with Crippen LogP contribution in [0.15, 0.2) is 36.5 Å². The number of ether oxygens (including phenoxy) is 3. The standard InChI is InChI=1S/C52H94O6/c1-4-7-10-13-16-19-21-23-24-25-26-27-28-29-31-33-36-39-42-45-51(54)57-48-49(47-56-50(53)44-41-38-35-32-18-15-12-9-6-3)58-52(55)46-43-40-37-34-30-22-20-17-14-11-8-5-2/h8,11,17,20,30,34,49H,4-7,9-10,12-16,18-19,21-29,31-33,35-48H2,1-3H3/b11-8-,20-17-,34-30-. The fourth-order valence-corrected chi connectivity index (χ4v) is 7.16. The van der Waals surface area contributed by atoms with E-state index in [9.17, 15) is 14.4 Å². The second kappa shape index (κ2) is 47.3. The van der Waals surface area contributed by atoms with Gasteiger partial charge in [0.1, 0.15) is 13.2 Å². The zero-order chi connectivity index (χ0) is 42.3. The molecule has 0 saturated carbocycles. The van der Waals surface area contributed by atoms with Gasteiger partial charge in [-0.15, -0.1) is 0 Å². The summed E-state index contributed by atoms with van der Waals surface area (Å²) in [7, 11) is 0. The van der Waals surface area contributed by atoms with Gasteiger partial charge in [-0.05, 0) is 51.4 Å². The Bertz CT molecular complexity index is 984. The van der Waals surface area contributed by atoms with Crippen LogP contribution in [0.4, 0.5) is 0 Å². The molecule has 0 aliphatic rings. The maximum absolute atomic E-state index is 12.7. The fourth-order valence-electron chi connectivity index (χ4n) is 7.16. The van der Waals surface area contributed by atoms with Crippen LogP contribution < -0.4 is 0 Å². The van der Waals surface area contributed by atoms with Crippen LogP contribution in [-0.2, 0) is 28.6 Å². The van der Waals surface area contributed by atoms with E-state index in [0.29, 0.717) is 19.3 Å². The molecule has 0 N–H and O–H groups in total. The monoisotopic (exact) mass is 815 g/mol. The van der Waals surface area contributed by atoms with Gasteiger partial charge in [-0.1, -0.05) is 224 Å². The van der Waals surface area contributed by atoms with Gasteiger partial charge in [-0.2, -0.15) is 0 Å². The molecule has 6 heteroatoms. The van der Waals surface area contributed by atoms with E-state index in [1.807, 2.05) is 0 Å². The molecule has 338 valence electrons. The summed E-state index contributed by atoms with van der Waals surface area (Å²) in [4.78, 5) is 37.8. The molecule has 0 saturated heterocycles. The van der Waals surface area contributed by atoms with Crippen molar-refractivity contribution in [2.45, 2.75) is 264 Å². The second-order valence-electron chi connectivity index (χ2n) is 16.7. The van der Waals surface area contributed by atoms with Crippen molar-refractivity contribution in [1.82, 2.24) is 0 Å². The maximum atomic E-state index is 12.7. The zero-order valence-electron chi connectivity index (χ0n) is 38.6. The summed E-state index contributed by atoms with van der Waals surface area (Å²) in [6.45, 7) is 6.49. The van der Waals surface area contributed by atoms with E-state index in [2.05, 4.69) is 57.2 Å². The number of hydrogen-bond donors (Lipinski definition) is 0. The third kappa shape index (κ3) is 44.7. The molecule has 1 unspecified atom stereocenters. The SMILES string of the molecule is CC/C=C\C/C=C\C/C=C\CCCCC(=O)OC(COC(=O)CCCCCCCCCCC)COC(=O)CCCCCCCCCCCCCCCCCCCCC. The minimum atomic E-state index is -0.785. The van der Waals surface area contributed by atoms with Crippen LogP contribution in [0.1, 0.15) is 258 Å². The molecule has 58 heavy (non-hydrogen) atoms. The quantitative estimate of drug-likeness (QED) is 0.0264. The molecule has 0 heterocycles. The van der Waals surface area contributed by atoms with E-state index in [0.717, 1.165) is 70.6 Å². The van der Waals surface area contributed by atoms with Crippen LogP contribution in [0.25, 0.3) is 0 Å². The lowest BCUT2D eigenvalue weighted by Crippen LogP contribution is -2.30. The van der Waals surface area contributed by atoms with E-state index in [4.69, 9.17) is 14.2 Å². The highest BCUT2D eigenvalue weighted by Gasteiger charge is 2.19. The second-order valence-corrected chi connectivity index (χ2v) is 16.7. The lowest BCUT2D eigenvalue weighted by atomic mass is 10.0. The third-order valence-corrected chi connectivity index (χ3v) is 10.9. The fraction of sp³-hybridized carbons (Fsp3) is 0.827. The van der Waals surface area contributed by atoms with E-state index in [1.165, 1.54) is 141 Å². The number of esters is 3. The van der Waals surface area contributed by atoms with Crippen molar-refractivity contribution in [2.24, 2.45) is 0 Å². The Labute approximate surface area is 359 Å². The van der Waals surface area contributed by atoms with Crippen molar-refractivity contribution in [3.8, 4) is 0 Å². The molecule has 6 nitrogen and oxygen atoms in total. The molecule has 0 bridgehead atoms. The lowest BCUT2D eigenvalue weighted by molar-refractivity contribution is -0.167. The summed E-state index contributed by atoms with van der Waals surface area (Å²) in [5.74, 6) is -0.918. The van der Waals surface area contributed by atoms with Crippen LogP contribution in [0, 0.1) is 0 Å². The van der Waals surface area contributed by atoms with E-state index >= 15 is 0 Å². The van der Waals surface area contributed by atoms with Crippen LogP contribution in [-0.4, -0.2) is 37.2 Å². The molecule has 0 aliphatic heterocycles. The van der Waals surface area contributed by atoms with Gasteiger partial charge in [0.05, 0.1) is 0 Å². The molecule has 0 aromatic rings. The van der Waals surface area contributed by atoms with Crippen molar-refractivity contribution in [3.05, 3.63) is 36.5 Å². The number of allylic oxidation sites excluding steroid dienone is 6. The maximum Gasteiger partial charge on any atom is 0.306 e. The highest BCUT2D eigenvalue weighted by atomic mass is 16.6. The molecule has 0 rings (SSSR count). The van der Waals surface area contributed by atoms with Crippen molar-refractivity contribution in [2.75, 3.05) is 13.2 Å². The summed E-state index contributed by atoms with van der Waals surface area (Å²) < 4.78 is 16.7. The van der Waals surface area contributed by atoms with E-state index in [1.54, 1.807) is 0 Å². The Balaban J connectivity index is 4.27. The normalized spacial score (nSPS) is 12.3. The predicted molar refractivity (Wildman–Crippen MR) is 247 cm³/mol. The van der Waals surface area contributed by atoms with Gasteiger partial charge < -0.3 is 14.2 Å². The summed E-state index contributed by atoms with van der Waals surface area (Å²) in [5.41, 5.74) is 0. The first-order valence-corrected chi connectivity index (χ1v) is 25.0. The molecule has 0 radical (unpaired) electrons. The van der Waals surface area contributed by atoms with Gasteiger partial charge in [0, 0.05) is 19.3 Å². The van der Waals surface area contributed by atoms with E-state index in [-0.39, 0.29) is 37.5 Å². The van der Waals surface area contributed by atoms with Crippen LogP contribution in [0.2, 0.25) is 0 Å². The zero-order valence-corrected chi connectivity index (χ0v) is 38.6. The number of carbonyl (C=O) groups excluding carboxylic acids is 3. The first-order valence-electron chi connectivity index (χ1n) is 25.0. The van der Waals surface area contributed by atoms with Gasteiger partial charge in [-0.25, -0.2) is 0 Å². The minimum Gasteiger partial charge on any atom is -0.462 e. The van der Waals surface area contributed by atoms with Crippen LogP contribution in [0.5, 0.6) is 0 Å². The van der Waals surface area contributed by atoms with E-state index < -0.39 is 6.10 Å². The summed E-state index contributed by atoms with van der Waals surface area (Å²) in [6, 6.07) is 0. The number of unbranched alkanes of at least 4 members (excludes halogenated alkanes) is 28. The molecule has 0 aromatic heterocycles. The summed E-state index contributed by atoms with van der Waals surface area (Å²) in [6.07, 6.45) is 54.3. The average molecular weight is 815 g/mol. The molecule has 0 spiro atoms. The number of rotatable bonds is 45. The van der Waals surface area contributed by atoms with Gasteiger partial charge in [-0.3, -0.25) is 14.4 Å². The van der Waals surface area contributed by atoms with Gasteiger partial charge in [0.2, 0.25) is 0 Å². The third-order valence-electron chi connectivity index (χ3n) is 10.9. The number of carbonyl (C=O) groups is 3. The van der Waals surface area contributed by atoms with Crippen LogP contribution >= 0.6 is 0 Å². The Kier molecular flexibility index (Phi) is 45.4. The van der Waals surface area contributed by atoms with Crippen molar-refractivity contribution in [3.63, 3.8) is 0 Å². The molecule has 1 atom stereocenters. The molecule has 0 aromatic carbocycles. The van der Waals surface area contributed by atoms with Crippen molar-refractivity contribution in [1.29, 1.82) is 0 Å². The topological polar surface area (TPSA) is 78.9 Å². The van der Waals surface area contributed by atoms with Gasteiger partial charge in [0.25, 0.3) is 0 Å². The van der Waals surface area contributed by atoms with Crippen molar-refractivity contribution >= 4 is 17.9 Å². The Morgan fingerprint density at radius 2 is 0.672 bits per heavy atom. The number of hydrogen-bond acceptors (Lipinski definition) is 6. The van der Waals surface area contributed by atoms with Crippen molar-refractivity contribution < 1.29 is 28.6 Å². The highest BCUT2D eigenvalue weighted by molar-refractivity contribution is 5.71. The van der Waals surface area contributed by atoms with Crippen LogP contribution in [0.3, 0.4) is 0 Å². The Hall–Kier alpha value is -2.37. The lowest BCUT2D eigenvalue weighted by Gasteiger charge is -2.18. The minimum absolute atomic E-state index is 0.0838.